The molecule has 1 saturated carbocycles. The summed E-state index contributed by atoms with van der Waals surface area (Å²) in [5.74, 6) is 3.51. The van der Waals surface area contributed by atoms with Gasteiger partial charge >= 0.3 is 0 Å². The van der Waals surface area contributed by atoms with E-state index in [0.29, 0.717) is 12.0 Å². The molecule has 4 heteroatoms. The molecule has 1 heterocycles. The van der Waals surface area contributed by atoms with E-state index in [9.17, 15) is 0 Å². The molecule has 1 aliphatic carbocycles. The maximum Gasteiger partial charge on any atom is 0.150 e. The van der Waals surface area contributed by atoms with E-state index in [2.05, 4.69) is 30.4 Å². The zero-order chi connectivity index (χ0) is 13.8. The van der Waals surface area contributed by atoms with Crippen molar-refractivity contribution >= 4 is 0 Å². The van der Waals surface area contributed by atoms with Gasteiger partial charge in [0.15, 0.2) is 5.82 Å². The number of hydrogen-bond acceptors (Lipinski definition) is 3. The molecule has 0 bridgehead atoms. The van der Waals surface area contributed by atoms with E-state index < -0.39 is 0 Å². The average molecular weight is 264 g/mol. The molecule has 108 valence electrons. The molecule has 3 atom stereocenters. The zero-order valence-electron chi connectivity index (χ0n) is 12.6. The van der Waals surface area contributed by atoms with Gasteiger partial charge in [0, 0.05) is 12.8 Å². The van der Waals surface area contributed by atoms with Gasteiger partial charge in [0.1, 0.15) is 5.82 Å². The maximum atomic E-state index is 5.99. The fraction of sp³-hybridized carbons (Fsp3) is 0.867. The molecule has 1 aromatic rings. The third kappa shape index (κ3) is 2.99. The molecule has 3 unspecified atom stereocenters. The van der Waals surface area contributed by atoms with Crippen molar-refractivity contribution in [2.75, 3.05) is 6.54 Å². The van der Waals surface area contributed by atoms with Crippen molar-refractivity contribution in [3.63, 3.8) is 0 Å². The SMILES string of the molecule is CCc1nc(CC)n(C2CC(CC)CCC2CN)n1. The molecular formula is C15H28N4. The van der Waals surface area contributed by atoms with Crippen LogP contribution in [-0.2, 0) is 12.8 Å². The second-order valence-electron chi connectivity index (χ2n) is 5.75. The number of rotatable bonds is 5. The Balaban J connectivity index is 2.27. The summed E-state index contributed by atoms with van der Waals surface area (Å²) >= 11 is 0. The summed E-state index contributed by atoms with van der Waals surface area (Å²) in [6.07, 6.45) is 6.92. The summed E-state index contributed by atoms with van der Waals surface area (Å²) < 4.78 is 2.21. The number of hydrogen-bond donors (Lipinski definition) is 1. The Morgan fingerprint density at radius 3 is 2.58 bits per heavy atom. The van der Waals surface area contributed by atoms with Crippen LogP contribution >= 0.6 is 0 Å². The van der Waals surface area contributed by atoms with Crippen LogP contribution in [0.2, 0.25) is 0 Å². The summed E-state index contributed by atoms with van der Waals surface area (Å²) in [7, 11) is 0. The van der Waals surface area contributed by atoms with E-state index in [1.807, 2.05) is 0 Å². The van der Waals surface area contributed by atoms with Crippen LogP contribution in [0, 0.1) is 11.8 Å². The summed E-state index contributed by atoms with van der Waals surface area (Å²) in [6, 6.07) is 0.464. The van der Waals surface area contributed by atoms with Gasteiger partial charge in [-0.2, -0.15) is 5.10 Å². The van der Waals surface area contributed by atoms with E-state index in [0.717, 1.165) is 37.0 Å². The molecule has 19 heavy (non-hydrogen) atoms. The number of aryl methyl sites for hydroxylation is 2. The van der Waals surface area contributed by atoms with Crippen molar-refractivity contribution in [1.82, 2.24) is 14.8 Å². The van der Waals surface area contributed by atoms with Crippen LogP contribution in [-0.4, -0.2) is 21.3 Å². The third-order valence-electron chi connectivity index (χ3n) is 4.64. The Labute approximate surface area is 116 Å². The van der Waals surface area contributed by atoms with E-state index in [-0.39, 0.29) is 0 Å². The smallest absolute Gasteiger partial charge is 0.150 e. The quantitative estimate of drug-likeness (QED) is 0.889. The van der Waals surface area contributed by atoms with Gasteiger partial charge in [-0.25, -0.2) is 9.67 Å². The highest BCUT2D eigenvalue weighted by molar-refractivity contribution is 4.97. The highest BCUT2D eigenvalue weighted by atomic mass is 15.4. The number of nitrogens with two attached hydrogens (primary N) is 1. The topological polar surface area (TPSA) is 56.7 Å². The van der Waals surface area contributed by atoms with E-state index in [4.69, 9.17) is 10.8 Å². The molecule has 0 radical (unpaired) electrons. The number of nitrogens with zero attached hydrogens (tertiary/aromatic N) is 3. The lowest BCUT2D eigenvalue weighted by molar-refractivity contribution is 0.169. The van der Waals surface area contributed by atoms with Crippen LogP contribution < -0.4 is 5.73 Å². The van der Waals surface area contributed by atoms with Gasteiger partial charge in [-0.1, -0.05) is 27.2 Å². The predicted octanol–water partition coefficient (Wildman–Crippen LogP) is 2.73. The Morgan fingerprint density at radius 1 is 1.21 bits per heavy atom. The van der Waals surface area contributed by atoms with E-state index in [1.165, 1.54) is 25.7 Å². The lowest BCUT2D eigenvalue weighted by Crippen LogP contribution is -2.33. The van der Waals surface area contributed by atoms with Crippen molar-refractivity contribution in [2.45, 2.75) is 65.3 Å². The maximum absolute atomic E-state index is 5.99. The lowest BCUT2D eigenvalue weighted by atomic mass is 9.77. The van der Waals surface area contributed by atoms with Crippen molar-refractivity contribution in [3.05, 3.63) is 11.6 Å². The van der Waals surface area contributed by atoms with Crippen LogP contribution in [0.5, 0.6) is 0 Å². The average Bonchev–Trinajstić information content (AvgIpc) is 2.89. The standard InChI is InChI=1S/C15H28N4/c1-4-11-7-8-12(10-16)13(9-11)19-15(6-3)17-14(5-2)18-19/h11-13H,4-10,16H2,1-3H3. The molecule has 0 aliphatic heterocycles. The fourth-order valence-corrected chi connectivity index (χ4v) is 3.30. The van der Waals surface area contributed by atoms with Crippen LogP contribution in [0.15, 0.2) is 0 Å². The van der Waals surface area contributed by atoms with Crippen LogP contribution in [0.4, 0.5) is 0 Å². The van der Waals surface area contributed by atoms with Gasteiger partial charge in [-0.15, -0.1) is 0 Å². The predicted molar refractivity (Wildman–Crippen MR) is 78.0 cm³/mol. The highest BCUT2D eigenvalue weighted by Gasteiger charge is 2.32. The monoisotopic (exact) mass is 264 g/mol. The molecule has 0 saturated heterocycles. The fourth-order valence-electron chi connectivity index (χ4n) is 3.30. The van der Waals surface area contributed by atoms with Crippen molar-refractivity contribution in [1.29, 1.82) is 0 Å². The van der Waals surface area contributed by atoms with Gasteiger partial charge in [0.25, 0.3) is 0 Å². The third-order valence-corrected chi connectivity index (χ3v) is 4.64. The minimum Gasteiger partial charge on any atom is -0.330 e. The van der Waals surface area contributed by atoms with E-state index in [1.54, 1.807) is 0 Å². The minimum atomic E-state index is 0.464. The molecule has 0 amide bonds. The van der Waals surface area contributed by atoms with Crippen molar-refractivity contribution in [3.8, 4) is 0 Å². The Bertz CT molecular complexity index is 399. The second kappa shape index (κ2) is 6.51. The summed E-state index contributed by atoms with van der Waals surface area (Å²) in [4.78, 5) is 4.65. The zero-order valence-corrected chi connectivity index (χ0v) is 12.6. The minimum absolute atomic E-state index is 0.464. The van der Waals surface area contributed by atoms with Gasteiger partial charge in [0.05, 0.1) is 6.04 Å². The van der Waals surface area contributed by atoms with Crippen LogP contribution in [0.3, 0.4) is 0 Å². The first kappa shape index (κ1) is 14.5. The van der Waals surface area contributed by atoms with Gasteiger partial charge in [-0.05, 0) is 37.6 Å². The van der Waals surface area contributed by atoms with Gasteiger partial charge < -0.3 is 5.73 Å². The molecule has 4 nitrogen and oxygen atoms in total. The molecule has 2 N–H and O–H groups in total. The highest BCUT2D eigenvalue weighted by Crippen LogP contribution is 2.38. The van der Waals surface area contributed by atoms with Crippen molar-refractivity contribution in [2.24, 2.45) is 17.6 Å². The lowest BCUT2D eigenvalue weighted by Gasteiger charge is -2.35. The van der Waals surface area contributed by atoms with Crippen LogP contribution in [0.25, 0.3) is 0 Å². The summed E-state index contributed by atoms with van der Waals surface area (Å²) in [6.45, 7) is 7.35. The van der Waals surface area contributed by atoms with Crippen LogP contribution in [0.1, 0.15) is 64.1 Å². The second-order valence-corrected chi connectivity index (χ2v) is 5.75. The molecule has 2 rings (SSSR count). The molecule has 1 aromatic heterocycles. The molecular weight excluding hydrogens is 236 g/mol. The molecule has 0 aromatic carbocycles. The van der Waals surface area contributed by atoms with Gasteiger partial charge in [0.2, 0.25) is 0 Å². The van der Waals surface area contributed by atoms with Crippen molar-refractivity contribution < 1.29 is 0 Å². The first-order valence-corrected chi connectivity index (χ1v) is 7.87. The first-order chi connectivity index (χ1) is 9.23. The Kier molecular flexibility index (Phi) is 4.97. The molecule has 1 aliphatic rings. The normalized spacial score (nSPS) is 27.7. The Hall–Kier alpha value is -0.900. The van der Waals surface area contributed by atoms with E-state index >= 15 is 0 Å². The first-order valence-electron chi connectivity index (χ1n) is 7.87. The Morgan fingerprint density at radius 2 is 2.00 bits per heavy atom. The largest absolute Gasteiger partial charge is 0.330 e. The molecule has 0 spiro atoms. The summed E-state index contributed by atoms with van der Waals surface area (Å²) in [5.41, 5.74) is 5.99. The van der Waals surface area contributed by atoms with Gasteiger partial charge in [-0.3, -0.25) is 0 Å². The molecule has 1 fully saturated rings. The summed E-state index contributed by atoms with van der Waals surface area (Å²) in [5, 5.41) is 4.74. The number of aromatic nitrogens is 3.